The second-order valence-corrected chi connectivity index (χ2v) is 4.66. The molecule has 0 aromatic heterocycles. The van der Waals surface area contributed by atoms with Crippen molar-refractivity contribution in [3.8, 4) is 0 Å². The van der Waals surface area contributed by atoms with E-state index in [4.69, 9.17) is 9.79 Å². The van der Waals surface area contributed by atoms with Crippen LogP contribution in [0.1, 0.15) is 6.42 Å². The van der Waals surface area contributed by atoms with Crippen molar-refractivity contribution in [3.63, 3.8) is 0 Å². The lowest BCUT2D eigenvalue weighted by atomic mass is 10.3. The predicted octanol–water partition coefficient (Wildman–Crippen LogP) is -0.472. The highest BCUT2D eigenvalue weighted by Crippen LogP contribution is 2.39. The van der Waals surface area contributed by atoms with Crippen molar-refractivity contribution in [2.45, 2.75) is 12.5 Å². The van der Waals surface area contributed by atoms with Crippen LogP contribution in [0.2, 0.25) is 0 Å². The van der Waals surface area contributed by atoms with E-state index in [1.54, 1.807) is 0 Å². The zero-order chi connectivity index (χ0) is 8.48. The Bertz CT molecular complexity index is 211. The van der Waals surface area contributed by atoms with E-state index in [-0.39, 0.29) is 6.61 Å². The first kappa shape index (κ1) is 9.09. The van der Waals surface area contributed by atoms with Crippen molar-refractivity contribution in [1.29, 1.82) is 0 Å². The van der Waals surface area contributed by atoms with Gasteiger partial charge in [-0.15, -0.1) is 0 Å². The van der Waals surface area contributed by atoms with E-state index < -0.39 is 18.8 Å². The van der Waals surface area contributed by atoms with Gasteiger partial charge >= 0.3 is 12.7 Å². The highest BCUT2D eigenvalue weighted by molar-refractivity contribution is 8.06. The van der Waals surface area contributed by atoms with Gasteiger partial charge in [0.25, 0.3) is 0 Å². The molecule has 0 spiro atoms. The van der Waals surface area contributed by atoms with Crippen molar-refractivity contribution in [1.82, 2.24) is 0 Å². The topological polar surface area (TPSA) is 76.0 Å². The first-order valence-electron chi connectivity index (χ1n) is 2.89. The van der Waals surface area contributed by atoms with Gasteiger partial charge in [-0.05, 0) is 11.8 Å². The van der Waals surface area contributed by atoms with Gasteiger partial charge in [0.05, 0.1) is 6.61 Å². The third-order valence-electron chi connectivity index (χ3n) is 1.15. The maximum Gasteiger partial charge on any atom is 0.335 e. The van der Waals surface area contributed by atoms with Crippen molar-refractivity contribution < 1.29 is 23.8 Å². The SMILES string of the molecule is O=C1OCCC1OP(O)(O)=S. The molecule has 5 nitrogen and oxygen atoms in total. The highest BCUT2D eigenvalue weighted by atomic mass is 32.5. The molecule has 11 heavy (non-hydrogen) atoms. The van der Waals surface area contributed by atoms with Crippen molar-refractivity contribution in [2.75, 3.05) is 6.61 Å². The molecule has 1 atom stereocenters. The molecule has 1 heterocycles. The van der Waals surface area contributed by atoms with E-state index in [0.717, 1.165) is 0 Å². The first-order valence-corrected chi connectivity index (χ1v) is 5.52. The largest absolute Gasteiger partial charge is 0.464 e. The molecule has 1 rings (SSSR count). The van der Waals surface area contributed by atoms with Gasteiger partial charge in [0.1, 0.15) is 0 Å². The number of hydrogen-bond donors (Lipinski definition) is 2. The van der Waals surface area contributed by atoms with Crippen LogP contribution in [0.5, 0.6) is 0 Å². The number of hydrogen-bond acceptors (Lipinski definition) is 4. The monoisotopic (exact) mass is 198 g/mol. The summed E-state index contributed by atoms with van der Waals surface area (Å²) in [6.45, 7) is -3.47. The number of esters is 1. The van der Waals surface area contributed by atoms with Gasteiger partial charge in [-0.3, -0.25) is 4.52 Å². The number of carbonyl (C=O) groups excluding carboxylic acids is 1. The highest BCUT2D eigenvalue weighted by Gasteiger charge is 2.31. The summed E-state index contributed by atoms with van der Waals surface area (Å²) in [5.41, 5.74) is 0. The Morgan fingerprint density at radius 1 is 1.73 bits per heavy atom. The lowest BCUT2D eigenvalue weighted by Crippen LogP contribution is -2.16. The van der Waals surface area contributed by atoms with Crippen LogP contribution in [0.25, 0.3) is 0 Å². The third-order valence-corrected chi connectivity index (χ3v) is 1.94. The third kappa shape index (κ3) is 2.84. The van der Waals surface area contributed by atoms with Crippen molar-refractivity contribution in [3.05, 3.63) is 0 Å². The average molecular weight is 198 g/mol. The Kier molecular flexibility index (Phi) is 2.61. The summed E-state index contributed by atoms with van der Waals surface area (Å²) in [6.07, 6.45) is -0.561. The molecule has 0 amide bonds. The van der Waals surface area contributed by atoms with Crippen LogP contribution in [0.4, 0.5) is 0 Å². The zero-order valence-electron chi connectivity index (χ0n) is 5.47. The average Bonchev–Trinajstić information content (AvgIpc) is 2.12. The lowest BCUT2D eigenvalue weighted by Gasteiger charge is -2.10. The molecule has 1 unspecified atom stereocenters. The molecule has 0 radical (unpaired) electrons. The zero-order valence-corrected chi connectivity index (χ0v) is 7.18. The van der Waals surface area contributed by atoms with Gasteiger partial charge in [0.15, 0.2) is 6.10 Å². The summed E-state index contributed by atoms with van der Waals surface area (Å²) in [7, 11) is 0. The quantitative estimate of drug-likeness (QED) is 0.461. The van der Waals surface area contributed by atoms with Crippen LogP contribution in [-0.2, 0) is 25.9 Å². The van der Waals surface area contributed by atoms with Crippen LogP contribution < -0.4 is 0 Å². The Balaban J connectivity index is 2.50. The van der Waals surface area contributed by atoms with Gasteiger partial charge in [0, 0.05) is 6.42 Å². The van der Waals surface area contributed by atoms with Crippen LogP contribution >= 0.6 is 6.72 Å². The molecular formula is C4H7O5PS. The van der Waals surface area contributed by atoms with E-state index in [2.05, 4.69) is 21.1 Å². The van der Waals surface area contributed by atoms with Gasteiger partial charge in [-0.25, -0.2) is 4.79 Å². The van der Waals surface area contributed by atoms with Crippen LogP contribution in [0.15, 0.2) is 0 Å². The minimum atomic E-state index is -3.72. The van der Waals surface area contributed by atoms with E-state index in [9.17, 15) is 4.79 Å². The van der Waals surface area contributed by atoms with Gasteiger partial charge in [0.2, 0.25) is 0 Å². The molecule has 2 N–H and O–H groups in total. The van der Waals surface area contributed by atoms with Gasteiger partial charge < -0.3 is 14.5 Å². The van der Waals surface area contributed by atoms with E-state index in [1.165, 1.54) is 0 Å². The fourth-order valence-electron chi connectivity index (χ4n) is 0.739. The minimum Gasteiger partial charge on any atom is -0.464 e. The Hall–Kier alpha value is -0.0000000000000000833. The molecule has 0 saturated carbocycles. The number of ether oxygens (including phenoxy) is 1. The maximum absolute atomic E-state index is 10.7. The molecule has 1 aliphatic rings. The lowest BCUT2D eigenvalue weighted by molar-refractivity contribution is -0.143. The molecule has 1 saturated heterocycles. The van der Waals surface area contributed by atoms with Crippen LogP contribution in [0.3, 0.4) is 0 Å². The summed E-state index contributed by atoms with van der Waals surface area (Å²) in [5, 5.41) is 0. The first-order chi connectivity index (χ1) is 4.99. The predicted molar refractivity (Wildman–Crippen MR) is 39.2 cm³/mol. The Labute approximate surface area is 68.2 Å². The van der Waals surface area contributed by atoms with Crippen LogP contribution in [0, 0.1) is 0 Å². The van der Waals surface area contributed by atoms with E-state index in [1.807, 2.05) is 0 Å². The Morgan fingerprint density at radius 2 is 2.36 bits per heavy atom. The summed E-state index contributed by atoms with van der Waals surface area (Å²) in [6, 6.07) is 0. The minimum absolute atomic E-state index is 0.249. The van der Waals surface area contributed by atoms with Gasteiger partial charge in [-0.2, -0.15) is 0 Å². The fraction of sp³-hybridized carbons (Fsp3) is 0.750. The molecule has 64 valence electrons. The van der Waals surface area contributed by atoms with Crippen molar-refractivity contribution in [2.24, 2.45) is 0 Å². The van der Waals surface area contributed by atoms with Crippen LogP contribution in [-0.4, -0.2) is 28.5 Å². The van der Waals surface area contributed by atoms with Crippen molar-refractivity contribution >= 4 is 24.5 Å². The molecule has 0 aromatic carbocycles. The molecule has 1 fully saturated rings. The van der Waals surface area contributed by atoms with E-state index >= 15 is 0 Å². The molecule has 0 aliphatic carbocycles. The fourth-order valence-corrected chi connectivity index (χ4v) is 1.57. The summed E-state index contributed by atoms with van der Waals surface area (Å²) in [5.74, 6) is -0.581. The smallest absolute Gasteiger partial charge is 0.335 e. The number of rotatable bonds is 2. The van der Waals surface area contributed by atoms with E-state index in [0.29, 0.717) is 6.42 Å². The number of carbonyl (C=O) groups is 1. The molecule has 7 heteroatoms. The summed E-state index contributed by atoms with van der Waals surface area (Å²) >= 11 is 4.17. The molecule has 1 aliphatic heterocycles. The Morgan fingerprint density at radius 3 is 2.73 bits per heavy atom. The second-order valence-electron chi connectivity index (χ2n) is 2.04. The standard InChI is InChI=1S/C4H7O5PS/c5-4-3(1-2-8-4)9-10(6,7)11/h3H,1-2H2,(H2,6,7,11). The molecular weight excluding hydrogens is 191 g/mol. The second kappa shape index (κ2) is 3.16. The summed E-state index contributed by atoms with van der Waals surface area (Å²) in [4.78, 5) is 27.9. The maximum atomic E-state index is 10.7. The molecule has 0 bridgehead atoms. The number of cyclic esters (lactones) is 1. The normalized spacial score (nSPS) is 25.3. The molecule has 0 aromatic rings. The van der Waals surface area contributed by atoms with Gasteiger partial charge in [-0.1, -0.05) is 0 Å². The summed E-state index contributed by atoms with van der Waals surface area (Å²) < 4.78 is 8.97.